The van der Waals surface area contributed by atoms with Crippen molar-refractivity contribution in [3.8, 4) is 0 Å². The van der Waals surface area contributed by atoms with Crippen molar-refractivity contribution in [1.82, 2.24) is 10.2 Å². The highest BCUT2D eigenvalue weighted by molar-refractivity contribution is 5.25. The third-order valence-electron chi connectivity index (χ3n) is 3.88. The second-order valence-corrected chi connectivity index (χ2v) is 6.55. The molecule has 0 aliphatic heterocycles. The number of methoxy groups -OCH3 is 1. The van der Waals surface area contributed by atoms with E-state index < -0.39 is 0 Å². The molecule has 0 amide bonds. The summed E-state index contributed by atoms with van der Waals surface area (Å²) in [6.07, 6.45) is 1.08. The molecule has 1 unspecified atom stereocenters. The summed E-state index contributed by atoms with van der Waals surface area (Å²) in [5, 5.41) is 3.61. The van der Waals surface area contributed by atoms with Gasteiger partial charge in [0.2, 0.25) is 0 Å². The lowest BCUT2D eigenvalue weighted by Crippen LogP contribution is -2.46. The Morgan fingerprint density at radius 3 is 2.48 bits per heavy atom. The van der Waals surface area contributed by atoms with Crippen LogP contribution in [0, 0.1) is 0 Å². The Bertz CT molecular complexity index is 380. The van der Waals surface area contributed by atoms with Gasteiger partial charge in [0.15, 0.2) is 0 Å². The number of nitrogens with zero attached hydrogens (tertiary/aromatic N) is 1. The predicted octanol–water partition coefficient (Wildman–Crippen LogP) is 2.91. The van der Waals surface area contributed by atoms with Gasteiger partial charge >= 0.3 is 0 Å². The third kappa shape index (κ3) is 6.60. The Labute approximate surface area is 130 Å². The van der Waals surface area contributed by atoms with Crippen LogP contribution in [0.25, 0.3) is 0 Å². The maximum absolute atomic E-state index is 5.15. The maximum Gasteiger partial charge on any atom is 0.0474 e. The quantitative estimate of drug-likeness (QED) is 0.671. The van der Waals surface area contributed by atoms with Crippen molar-refractivity contribution >= 4 is 0 Å². The number of rotatable bonds is 10. The van der Waals surface area contributed by atoms with Gasteiger partial charge in [-0.3, -0.25) is 0 Å². The van der Waals surface area contributed by atoms with Gasteiger partial charge in [-0.1, -0.05) is 51.1 Å². The van der Waals surface area contributed by atoms with E-state index >= 15 is 0 Å². The van der Waals surface area contributed by atoms with E-state index in [4.69, 9.17) is 4.74 Å². The van der Waals surface area contributed by atoms with Crippen LogP contribution in [0.15, 0.2) is 30.3 Å². The fourth-order valence-electron chi connectivity index (χ4n) is 2.67. The highest BCUT2D eigenvalue weighted by Crippen LogP contribution is 2.24. The first kappa shape index (κ1) is 18.1. The summed E-state index contributed by atoms with van der Waals surface area (Å²) in [6.45, 7) is 10.7. The van der Waals surface area contributed by atoms with E-state index in [1.54, 1.807) is 7.11 Å². The Hall–Kier alpha value is -0.900. The summed E-state index contributed by atoms with van der Waals surface area (Å²) in [6, 6.07) is 11.3. The molecule has 0 aliphatic rings. The van der Waals surface area contributed by atoms with Crippen LogP contribution in [-0.2, 0) is 10.2 Å². The van der Waals surface area contributed by atoms with E-state index in [0.717, 1.165) is 32.7 Å². The van der Waals surface area contributed by atoms with Crippen molar-refractivity contribution < 1.29 is 4.74 Å². The zero-order valence-corrected chi connectivity index (χ0v) is 14.4. The molecule has 1 aromatic rings. The van der Waals surface area contributed by atoms with E-state index in [2.05, 4.69) is 68.4 Å². The van der Waals surface area contributed by atoms with E-state index in [1.165, 1.54) is 5.56 Å². The molecule has 0 saturated carbocycles. The monoisotopic (exact) mass is 292 g/mol. The Morgan fingerprint density at radius 2 is 1.90 bits per heavy atom. The molecule has 0 saturated heterocycles. The molecule has 0 radical (unpaired) electrons. The molecule has 0 spiro atoms. The van der Waals surface area contributed by atoms with Crippen molar-refractivity contribution in [3.63, 3.8) is 0 Å². The number of hydrogen-bond acceptors (Lipinski definition) is 3. The molecule has 1 rings (SSSR count). The summed E-state index contributed by atoms with van der Waals surface area (Å²) in [5.74, 6) is 0. The standard InChI is InChI=1S/C18H32N2O/c1-16(2)19-14-18(3,17-10-7-6-8-11-17)15-20(4)12-9-13-21-5/h6-8,10-11,16,19H,9,12-15H2,1-5H3. The largest absolute Gasteiger partial charge is 0.385 e. The minimum atomic E-state index is 0.118. The molecule has 0 aromatic heterocycles. The lowest BCUT2D eigenvalue weighted by atomic mass is 9.81. The zero-order chi connectivity index (χ0) is 15.7. The van der Waals surface area contributed by atoms with Gasteiger partial charge in [0.1, 0.15) is 0 Å². The molecule has 1 atom stereocenters. The molecule has 21 heavy (non-hydrogen) atoms. The molecular formula is C18H32N2O. The maximum atomic E-state index is 5.15. The number of nitrogens with one attached hydrogen (secondary N) is 1. The molecule has 0 bridgehead atoms. The van der Waals surface area contributed by atoms with E-state index in [-0.39, 0.29) is 5.41 Å². The summed E-state index contributed by atoms with van der Waals surface area (Å²) in [7, 11) is 3.97. The summed E-state index contributed by atoms with van der Waals surface area (Å²) < 4.78 is 5.15. The van der Waals surface area contributed by atoms with Crippen LogP contribution in [0.3, 0.4) is 0 Å². The van der Waals surface area contributed by atoms with Crippen LogP contribution in [0.2, 0.25) is 0 Å². The lowest BCUT2D eigenvalue weighted by molar-refractivity contribution is 0.170. The molecule has 120 valence electrons. The van der Waals surface area contributed by atoms with Gasteiger partial charge in [-0.15, -0.1) is 0 Å². The first-order valence-electron chi connectivity index (χ1n) is 7.94. The van der Waals surface area contributed by atoms with Gasteiger partial charge in [0, 0.05) is 44.8 Å². The summed E-state index contributed by atoms with van der Waals surface area (Å²) >= 11 is 0. The van der Waals surface area contributed by atoms with Crippen molar-refractivity contribution in [1.29, 1.82) is 0 Å². The van der Waals surface area contributed by atoms with Crippen molar-refractivity contribution in [2.45, 2.75) is 38.6 Å². The van der Waals surface area contributed by atoms with Crippen LogP contribution < -0.4 is 5.32 Å². The second kappa shape index (κ2) is 9.19. The average molecular weight is 292 g/mol. The lowest BCUT2D eigenvalue weighted by Gasteiger charge is -2.35. The van der Waals surface area contributed by atoms with E-state index in [0.29, 0.717) is 6.04 Å². The minimum absolute atomic E-state index is 0.118. The molecule has 3 heteroatoms. The molecule has 3 nitrogen and oxygen atoms in total. The van der Waals surface area contributed by atoms with Crippen molar-refractivity contribution in [2.75, 3.05) is 40.4 Å². The Balaban J connectivity index is 2.72. The van der Waals surface area contributed by atoms with E-state index in [1.807, 2.05) is 0 Å². The first-order valence-corrected chi connectivity index (χ1v) is 7.94. The second-order valence-electron chi connectivity index (χ2n) is 6.55. The highest BCUT2D eigenvalue weighted by Gasteiger charge is 2.28. The van der Waals surface area contributed by atoms with E-state index in [9.17, 15) is 0 Å². The van der Waals surface area contributed by atoms with Crippen LogP contribution >= 0.6 is 0 Å². The molecule has 1 aromatic carbocycles. The zero-order valence-electron chi connectivity index (χ0n) is 14.4. The normalized spacial score (nSPS) is 14.6. The van der Waals surface area contributed by atoms with Crippen LogP contribution in [0.1, 0.15) is 32.8 Å². The fourth-order valence-corrected chi connectivity index (χ4v) is 2.67. The van der Waals surface area contributed by atoms with Gasteiger partial charge in [0.05, 0.1) is 0 Å². The number of ether oxygens (including phenoxy) is 1. The van der Waals surface area contributed by atoms with Crippen LogP contribution in [0.5, 0.6) is 0 Å². The molecule has 0 fully saturated rings. The van der Waals surface area contributed by atoms with Gasteiger partial charge in [0.25, 0.3) is 0 Å². The molecule has 1 N–H and O–H groups in total. The Morgan fingerprint density at radius 1 is 1.24 bits per heavy atom. The number of hydrogen-bond donors (Lipinski definition) is 1. The SMILES string of the molecule is COCCCN(C)CC(C)(CNC(C)C)c1ccccc1. The molecule has 0 heterocycles. The first-order chi connectivity index (χ1) is 9.98. The van der Waals surface area contributed by atoms with Crippen molar-refractivity contribution in [3.05, 3.63) is 35.9 Å². The summed E-state index contributed by atoms with van der Waals surface area (Å²) in [5.41, 5.74) is 1.52. The van der Waals surface area contributed by atoms with Crippen molar-refractivity contribution in [2.24, 2.45) is 0 Å². The van der Waals surface area contributed by atoms with Crippen LogP contribution in [-0.4, -0.2) is 51.3 Å². The van der Waals surface area contributed by atoms with Gasteiger partial charge < -0.3 is 15.0 Å². The topological polar surface area (TPSA) is 24.5 Å². The summed E-state index contributed by atoms with van der Waals surface area (Å²) in [4.78, 5) is 2.41. The van der Waals surface area contributed by atoms with Gasteiger partial charge in [-0.2, -0.15) is 0 Å². The fraction of sp³-hybridized carbons (Fsp3) is 0.667. The van der Waals surface area contributed by atoms with Gasteiger partial charge in [-0.05, 0) is 19.0 Å². The minimum Gasteiger partial charge on any atom is -0.385 e. The van der Waals surface area contributed by atoms with Crippen LogP contribution in [0.4, 0.5) is 0 Å². The molecule has 0 aliphatic carbocycles. The third-order valence-corrected chi connectivity index (χ3v) is 3.88. The average Bonchev–Trinajstić information content (AvgIpc) is 2.46. The Kier molecular flexibility index (Phi) is 7.94. The number of benzene rings is 1. The molecular weight excluding hydrogens is 260 g/mol. The smallest absolute Gasteiger partial charge is 0.0474 e. The van der Waals surface area contributed by atoms with Gasteiger partial charge in [-0.25, -0.2) is 0 Å². The number of likely N-dealkylation sites (N-methyl/N-ethyl adjacent to an activating group) is 1. The highest BCUT2D eigenvalue weighted by atomic mass is 16.5. The predicted molar refractivity (Wildman–Crippen MR) is 90.9 cm³/mol.